The third-order valence-corrected chi connectivity index (χ3v) is 5.58. The van der Waals surface area contributed by atoms with Gasteiger partial charge in [0.25, 0.3) is 0 Å². The van der Waals surface area contributed by atoms with Crippen molar-refractivity contribution in [1.29, 1.82) is 0 Å². The number of hydrogen-bond donors (Lipinski definition) is 2. The summed E-state index contributed by atoms with van der Waals surface area (Å²) in [6.45, 7) is 6.34. The molecule has 0 aliphatic heterocycles. The Kier molecular flexibility index (Phi) is 5.71. The summed E-state index contributed by atoms with van der Waals surface area (Å²) in [6.07, 6.45) is 0.0883. The second kappa shape index (κ2) is 7.91. The number of carbonyl (C=O) groups excluding carboxylic acids is 2. The highest BCUT2D eigenvalue weighted by Crippen LogP contribution is 2.48. The van der Waals surface area contributed by atoms with Crippen molar-refractivity contribution in [2.24, 2.45) is 5.92 Å². The van der Waals surface area contributed by atoms with E-state index in [1.54, 1.807) is 25.1 Å². The van der Waals surface area contributed by atoms with Gasteiger partial charge in [0.1, 0.15) is 11.6 Å². The minimum atomic E-state index is -1.44. The van der Waals surface area contributed by atoms with Crippen molar-refractivity contribution >= 4 is 17.3 Å². The number of rotatable bonds is 5. The zero-order valence-corrected chi connectivity index (χ0v) is 17.1. The van der Waals surface area contributed by atoms with Crippen molar-refractivity contribution in [3.63, 3.8) is 0 Å². The van der Waals surface area contributed by atoms with E-state index in [0.29, 0.717) is 11.3 Å². The van der Waals surface area contributed by atoms with Crippen LogP contribution in [0.4, 0.5) is 10.1 Å². The molecule has 4 nitrogen and oxygen atoms in total. The molecule has 1 aliphatic carbocycles. The van der Waals surface area contributed by atoms with Crippen LogP contribution in [0.3, 0.4) is 0 Å². The van der Waals surface area contributed by atoms with Crippen LogP contribution in [0.5, 0.6) is 0 Å². The van der Waals surface area contributed by atoms with Gasteiger partial charge in [-0.05, 0) is 51.5 Å². The van der Waals surface area contributed by atoms with E-state index in [1.807, 2.05) is 31.2 Å². The van der Waals surface area contributed by atoms with Gasteiger partial charge >= 0.3 is 0 Å². The van der Waals surface area contributed by atoms with E-state index in [9.17, 15) is 19.1 Å². The van der Waals surface area contributed by atoms with Crippen LogP contribution in [-0.2, 0) is 9.59 Å². The second-order valence-corrected chi connectivity index (χ2v) is 8.06. The highest BCUT2D eigenvalue weighted by molar-refractivity contribution is 5.98. The van der Waals surface area contributed by atoms with Gasteiger partial charge in [-0.25, -0.2) is 4.39 Å². The fraction of sp³-hybridized carbons (Fsp3) is 0.333. The lowest BCUT2D eigenvalue weighted by Crippen LogP contribution is -2.48. The normalized spacial score (nSPS) is 24.3. The van der Waals surface area contributed by atoms with E-state index in [1.165, 1.54) is 19.9 Å². The zero-order chi connectivity index (χ0) is 21.3. The number of Topliss-reactive ketones (excluding diaryl/α,β-unsaturated/α-hetero) is 2. The summed E-state index contributed by atoms with van der Waals surface area (Å²) < 4.78 is 14.8. The van der Waals surface area contributed by atoms with Crippen LogP contribution in [0.1, 0.15) is 44.2 Å². The third-order valence-electron chi connectivity index (χ3n) is 5.58. The number of nitrogens with one attached hydrogen (secondary N) is 1. The molecule has 0 unspecified atom stereocenters. The summed E-state index contributed by atoms with van der Waals surface area (Å²) in [5.74, 6) is -2.84. The highest BCUT2D eigenvalue weighted by Gasteiger charge is 2.49. The van der Waals surface area contributed by atoms with Crippen LogP contribution < -0.4 is 5.32 Å². The fourth-order valence-corrected chi connectivity index (χ4v) is 4.37. The Labute approximate surface area is 170 Å². The van der Waals surface area contributed by atoms with Crippen LogP contribution in [-0.4, -0.2) is 22.3 Å². The van der Waals surface area contributed by atoms with Gasteiger partial charge in [-0.3, -0.25) is 9.59 Å². The quantitative estimate of drug-likeness (QED) is 0.780. The number of benzene rings is 2. The Morgan fingerprint density at radius 2 is 1.72 bits per heavy atom. The summed E-state index contributed by atoms with van der Waals surface area (Å²) in [4.78, 5) is 25.3. The SMILES string of the molecule is CC(=O)C1=C(Nc2ccc(C)cc2)C[C@](C)(O)[C@H](C(C)=O)[C@H]1c1ccccc1F. The average molecular weight is 395 g/mol. The van der Waals surface area contributed by atoms with Crippen molar-refractivity contribution in [2.75, 3.05) is 5.32 Å². The Hall–Kier alpha value is -2.79. The van der Waals surface area contributed by atoms with E-state index < -0.39 is 23.3 Å². The standard InChI is InChI=1S/C24H26FNO3/c1-14-9-11-17(12-10-14)26-20-13-24(4,29)23(16(3)28)22(21(20)15(2)27)18-7-5-6-8-19(18)25/h5-12,22-23,26,29H,13H2,1-4H3/t22-,23+,24-/m0/s1. The summed E-state index contributed by atoms with van der Waals surface area (Å²) in [5.41, 5.74) is 1.49. The number of aliphatic hydroxyl groups is 1. The van der Waals surface area contributed by atoms with Crippen molar-refractivity contribution in [3.05, 3.63) is 76.7 Å². The molecule has 5 heteroatoms. The van der Waals surface area contributed by atoms with Crippen molar-refractivity contribution in [2.45, 2.75) is 45.6 Å². The van der Waals surface area contributed by atoms with Gasteiger partial charge < -0.3 is 10.4 Å². The Bertz CT molecular complexity index is 976. The molecule has 1 aliphatic rings. The molecular formula is C24H26FNO3. The molecule has 3 atom stereocenters. The first-order valence-corrected chi connectivity index (χ1v) is 9.66. The monoisotopic (exact) mass is 395 g/mol. The predicted octanol–water partition coefficient (Wildman–Crippen LogP) is 4.53. The number of allylic oxidation sites excluding steroid dienone is 1. The van der Waals surface area contributed by atoms with Gasteiger partial charge in [0.05, 0.1) is 11.5 Å². The molecule has 0 spiro atoms. The molecule has 0 bridgehead atoms. The third kappa shape index (κ3) is 4.15. The zero-order valence-electron chi connectivity index (χ0n) is 17.1. The topological polar surface area (TPSA) is 66.4 Å². The lowest BCUT2D eigenvalue weighted by Gasteiger charge is -2.43. The Balaban J connectivity index is 2.23. The summed E-state index contributed by atoms with van der Waals surface area (Å²) in [7, 11) is 0. The molecule has 0 saturated carbocycles. The predicted molar refractivity (Wildman–Crippen MR) is 111 cm³/mol. The van der Waals surface area contributed by atoms with Crippen LogP contribution in [0.25, 0.3) is 0 Å². The molecule has 0 fully saturated rings. The van der Waals surface area contributed by atoms with Gasteiger partial charge in [0.2, 0.25) is 0 Å². The molecule has 2 N–H and O–H groups in total. The van der Waals surface area contributed by atoms with Crippen molar-refractivity contribution < 1.29 is 19.1 Å². The van der Waals surface area contributed by atoms with Crippen LogP contribution in [0, 0.1) is 18.7 Å². The molecule has 29 heavy (non-hydrogen) atoms. The number of carbonyl (C=O) groups is 2. The largest absolute Gasteiger partial charge is 0.389 e. The molecule has 152 valence electrons. The number of anilines is 1. The van der Waals surface area contributed by atoms with Crippen molar-refractivity contribution in [3.8, 4) is 0 Å². The number of aryl methyl sites for hydroxylation is 1. The van der Waals surface area contributed by atoms with Gasteiger partial charge in [0, 0.05) is 29.3 Å². The summed E-state index contributed by atoms with van der Waals surface area (Å²) in [6, 6.07) is 13.7. The maximum absolute atomic E-state index is 14.8. The first-order valence-electron chi connectivity index (χ1n) is 9.66. The van der Waals surface area contributed by atoms with Crippen molar-refractivity contribution in [1.82, 2.24) is 0 Å². The van der Waals surface area contributed by atoms with E-state index in [0.717, 1.165) is 11.3 Å². The maximum atomic E-state index is 14.8. The molecule has 0 aromatic heterocycles. The van der Waals surface area contributed by atoms with Crippen LogP contribution in [0.2, 0.25) is 0 Å². The molecule has 0 radical (unpaired) electrons. The number of hydrogen-bond acceptors (Lipinski definition) is 4. The first kappa shape index (κ1) is 20.9. The fourth-order valence-electron chi connectivity index (χ4n) is 4.37. The lowest BCUT2D eigenvalue weighted by atomic mass is 9.63. The van der Waals surface area contributed by atoms with E-state index in [2.05, 4.69) is 5.32 Å². The first-order chi connectivity index (χ1) is 13.6. The Morgan fingerprint density at radius 3 is 2.28 bits per heavy atom. The van der Waals surface area contributed by atoms with Crippen LogP contribution in [0.15, 0.2) is 59.8 Å². The van der Waals surface area contributed by atoms with Crippen LogP contribution >= 0.6 is 0 Å². The number of halogens is 1. The van der Waals surface area contributed by atoms with Gasteiger partial charge in [-0.1, -0.05) is 35.9 Å². The molecule has 2 aromatic carbocycles. The lowest BCUT2D eigenvalue weighted by molar-refractivity contribution is -0.131. The molecule has 2 aromatic rings. The maximum Gasteiger partial charge on any atom is 0.158 e. The minimum absolute atomic E-state index is 0.0883. The summed E-state index contributed by atoms with van der Waals surface area (Å²) >= 11 is 0. The van der Waals surface area contributed by atoms with Gasteiger partial charge in [-0.2, -0.15) is 0 Å². The van der Waals surface area contributed by atoms with E-state index in [4.69, 9.17) is 0 Å². The van der Waals surface area contributed by atoms with E-state index in [-0.39, 0.29) is 23.6 Å². The summed E-state index contributed by atoms with van der Waals surface area (Å²) in [5, 5.41) is 14.4. The van der Waals surface area contributed by atoms with Gasteiger partial charge in [0.15, 0.2) is 5.78 Å². The number of ketones is 2. The molecule has 0 saturated heterocycles. The smallest absolute Gasteiger partial charge is 0.158 e. The molecular weight excluding hydrogens is 369 g/mol. The van der Waals surface area contributed by atoms with E-state index >= 15 is 0 Å². The average Bonchev–Trinajstić information content (AvgIpc) is 2.62. The van der Waals surface area contributed by atoms with Gasteiger partial charge in [-0.15, -0.1) is 0 Å². The highest BCUT2D eigenvalue weighted by atomic mass is 19.1. The second-order valence-electron chi connectivity index (χ2n) is 8.06. The minimum Gasteiger partial charge on any atom is -0.389 e. The Morgan fingerprint density at radius 1 is 1.10 bits per heavy atom. The molecule has 3 rings (SSSR count). The molecule has 0 heterocycles. The molecule has 0 amide bonds.